The topological polar surface area (TPSA) is 72.2 Å². The predicted octanol–water partition coefficient (Wildman–Crippen LogP) is 2.01. The van der Waals surface area contributed by atoms with Gasteiger partial charge < -0.3 is 0 Å². The molecule has 2 heterocycles. The zero-order chi connectivity index (χ0) is 15.2. The Balaban J connectivity index is 2.96. The van der Waals surface area contributed by atoms with Crippen molar-refractivity contribution in [2.24, 2.45) is 0 Å². The van der Waals surface area contributed by atoms with Gasteiger partial charge in [-0.1, -0.05) is 27.7 Å². The first-order valence-electron chi connectivity index (χ1n) is 7.02. The Hall–Kier alpha value is -1.85. The number of fused-ring (bicyclic) bond motifs is 1. The molecule has 0 radical (unpaired) electrons. The van der Waals surface area contributed by atoms with Crippen LogP contribution < -0.4 is 11.2 Å². The third-order valence-corrected chi connectivity index (χ3v) is 3.41. The van der Waals surface area contributed by atoms with Crippen LogP contribution >= 0.6 is 0 Å². The summed E-state index contributed by atoms with van der Waals surface area (Å²) in [6.45, 7) is 11.7. The van der Waals surface area contributed by atoms with Crippen LogP contribution in [-0.4, -0.2) is 19.2 Å². The van der Waals surface area contributed by atoms with E-state index in [-0.39, 0.29) is 29.1 Å². The molecule has 0 unspecified atom stereocenters. The van der Waals surface area contributed by atoms with Crippen molar-refractivity contribution in [1.82, 2.24) is 19.2 Å². The summed E-state index contributed by atoms with van der Waals surface area (Å²) in [5.41, 5.74) is 0.783. The van der Waals surface area contributed by atoms with Gasteiger partial charge in [-0.15, -0.1) is 0 Å². The van der Waals surface area contributed by atoms with Crippen molar-refractivity contribution in [3.63, 3.8) is 0 Å². The number of nitrogens with one attached hydrogen (secondary N) is 1. The molecule has 1 N–H and O–H groups in total. The number of hydrogen-bond donors (Lipinski definition) is 1. The molecule has 0 saturated heterocycles. The lowest BCUT2D eigenvalue weighted by Gasteiger charge is -2.13. The van der Waals surface area contributed by atoms with Gasteiger partial charge in [-0.05, 0) is 25.7 Å². The number of nitrogens with zero attached hydrogens (tertiary/aromatic N) is 3. The lowest BCUT2D eigenvalue weighted by Crippen LogP contribution is -2.33. The highest BCUT2D eigenvalue weighted by molar-refractivity contribution is 5.35. The van der Waals surface area contributed by atoms with Crippen molar-refractivity contribution in [2.75, 3.05) is 0 Å². The number of aromatic amines is 1. The quantitative estimate of drug-likeness (QED) is 0.933. The molecular weight excluding hydrogens is 256 g/mol. The molecule has 2 aromatic heterocycles. The Morgan fingerprint density at radius 3 is 2.05 bits per heavy atom. The highest BCUT2D eigenvalue weighted by atomic mass is 16.2. The van der Waals surface area contributed by atoms with Crippen LogP contribution in [-0.2, 0) is 0 Å². The summed E-state index contributed by atoms with van der Waals surface area (Å²) in [6, 6.07) is -0.0476. The van der Waals surface area contributed by atoms with Crippen LogP contribution in [0.25, 0.3) is 5.78 Å². The van der Waals surface area contributed by atoms with E-state index in [9.17, 15) is 9.59 Å². The normalized spacial score (nSPS) is 12.2. The molecule has 0 aliphatic heterocycles. The minimum atomic E-state index is -0.357. The van der Waals surface area contributed by atoms with Crippen LogP contribution in [0.1, 0.15) is 70.7 Å². The fraction of sp³-hybridized carbons (Fsp3) is 0.643. The molecule has 0 aromatic carbocycles. The minimum absolute atomic E-state index is 0.0334. The zero-order valence-corrected chi connectivity index (χ0v) is 12.9. The first-order chi connectivity index (χ1) is 9.25. The first-order valence-corrected chi connectivity index (χ1v) is 7.02. The maximum atomic E-state index is 12.6. The molecule has 6 nitrogen and oxygen atoms in total. The van der Waals surface area contributed by atoms with E-state index in [1.54, 1.807) is 0 Å². The average Bonchev–Trinajstić information content (AvgIpc) is 2.66. The van der Waals surface area contributed by atoms with Crippen molar-refractivity contribution < 1.29 is 0 Å². The van der Waals surface area contributed by atoms with Gasteiger partial charge >= 0.3 is 5.69 Å². The fourth-order valence-electron chi connectivity index (χ4n) is 2.40. The standard InChI is InChI=1S/C14H22N4O2/c1-7(2)10-11(8(3)4)15-13-16-18(9(5)6)14(20)17(13)12(10)19/h7-9H,1-6H3,(H,15,16). The van der Waals surface area contributed by atoms with E-state index < -0.39 is 0 Å². The third kappa shape index (κ3) is 2.09. The maximum Gasteiger partial charge on any atom is 0.353 e. The Kier molecular flexibility index (Phi) is 3.58. The van der Waals surface area contributed by atoms with Crippen molar-refractivity contribution in [3.8, 4) is 0 Å². The molecule has 0 fully saturated rings. The second-order valence-electron chi connectivity index (χ2n) is 6.04. The first kappa shape index (κ1) is 14.6. The fourth-order valence-corrected chi connectivity index (χ4v) is 2.40. The smallest absolute Gasteiger partial charge is 0.268 e. The summed E-state index contributed by atoms with van der Waals surface area (Å²) in [6.07, 6.45) is 0. The third-order valence-electron chi connectivity index (χ3n) is 3.41. The van der Waals surface area contributed by atoms with Crippen LogP contribution in [0.2, 0.25) is 0 Å². The van der Waals surface area contributed by atoms with Gasteiger partial charge in [0.1, 0.15) is 0 Å². The van der Waals surface area contributed by atoms with E-state index in [1.165, 1.54) is 4.68 Å². The predicted molar refractivity (Wildman–Crippen MR) is 78.6 cm³/mol. The Bertz CT molecular complexity index is 747. The molecule has 2 rings (SSSR count). The van der Waals surface area contributed by atoms with E-state index in [0.29, 0.717) is 11.3 Å². The molecule has 110 valence electrons. The van der Waals surface area contributed by atoms with Crippen LogP contribution in [0.15, 0.2) is 9.59 Å². The molecule has 0 spiro atoms. The second-order valence-corrected chi connectivity index (χ2v) is 6.04. The Morgan fingerprint density at radius 2 is 1.60 bits per heavy atom. The second kappa shape index (κ2) is 4.92. The minimum Gasteiger partial charge on any atom is -0.268 e. The largest absolute Gasteiger partial charge is 0.353 e. The molecule has 0 saturated carbocycles. The summed E-state index contributed by atoms with van der Waals surface area (Å²) >= 11 is 0. The zero-order valence-electron chi connectivity index (χ0n) is 12.9. The molecule has 0 aliphatic carbocycles. The number of H-pyrrole nitrogens is 1. The molecule has 2 aromatic rings. The van der Waals surface area contributed by atoms with Gasteiger partial charge in [-0.3, -0.25) is 9.89 Å². The summed E-state index contributed by atoms with van der Waals surface area (Å²) in [5.74, 6) is 0.490. The summed E-state index contributed by atoms with van der Waals surface area (Å²) < 4.78 is 2.57. The van der Waals surface area contributed by atoms with Gasteiger partial charge in [0.05, 0.1) is 5.69 Å². The summed E-state index contributed by atoms with van der Waals surface area (Å²) in [7, 11) is 0. The van der Waals surface area contributed by atoms with Gasteiger partial charge in [0.15, 0.2) is 0 Å². The molecule has 20 heavy (non-hydrogen) atoms. The van der Waals surface area contributed by atoms with E-state index in [0.717, 1.165) is 10.1 Å². The van der Waals surface area contributed by atoms with Crippen molar-refractivity contribution in [1.29, 1.82) is 0 Å². The molecule has 0 bridgehead atoms. The SMILES string of the molecule is CC(C)c1nc2[nH]n(C(C)C)c(=O)n2c(=O)c1C(C)C. The van der Waals surface area contributed by atoms with Gasteiger partial charge in [-0.25, -0.2) is 14.5 Å². The Morgan fingerprint density at radius 1 is 1.00 bits per heavy atom. The number of hydrogen-bond acceptors (Lipinski definition) is 3. The molecule has 0 amide bonds. The van der Waals surface area contributed by atoms with Crippen molar-refractivity contribution >= 4 is 5.78 Å². The van der Waals surface area contributed by atoms with Crippen LogP contribution in [0, 0.1) is 0 Å². The van der Waals surface area contributed by atoms with Gasteiger partial charge in [0, 0.05) is 11.6 Å². The number of rotatable bonds is 3. The van der Waals surface area contributed by atoms with Gasteiger partial charge in [-0.2, -0.15) is 4.40 Å². The van der Waals surface area contributed by atoms with Gasteiger partial charge in [0.2, 0.25) is 5.78 Å². The van der Waals surface area contributed by atoms with Gasteiger partial charge in [0.25, 0.3) is 5.56 Å². The summed E-state index contributed by atoms with van der Waals surface area (Å²) in [4.78, 5) is 29.5. The molecular formula is C14H22N4O2. The Labute approximate surface area is 117 Å². The van der Waals surface area contributed by atoms with E-state index in [4.69, 9.17) is 0 Å². The highest BCUT2D eigenvalue weighted by Gasteiger charge is 2.21. The number of aromatic nitrogens is 4. The lowest BCUT2D eigenvalue weighted by atomic mass is 9.97. The highest BCUT2D eigenvalue weighted by Crippen LogP contribution is 2.21. The van der Waals surface area contributed by atoms with E-state index in [2.05, 4.69) is 10.1 Å². The van der Waals surface area contributed by atoms with Crippen LogP contribution in [0.5, 0.6) is 0 Å². The van der Waals surface area contributed by atoms with Crippen molar-refractivity contribution in [2.45, 2.75) is 59.4 Å². The lowest BCUT2D eigenvalue weighted by molar-refractivity contribution is 0.513. The van der Waals surface area contributed by atoms with Crippen molar-refractivity contribution in [3.05, 3.63) is 32.1 Å². The molecule has 6 heteroatoms. The maximum absolute atomic E-state index is 12.6. The summed E-state index contributed by atoms with van der Waals surface area (Å²) in [5, 5.41) is 2.92. The van der Waals surface area contributed by atoms with E-state index in [1.807, 2.05) is 41.5 Å². The monoisotopic (exact) mass is 278 g/mol. The molecule has 0 atom stereocenters. The van der Waals surface area contributed by atoms with Crippen LogP contribution in [0.3, 0.4) is 0 Å². The van der Waals surface area contributed by atoms with Crippen LogP contribution in [0.4, 0.5) is 0 Å². The average molecular weight is 278 g/mol. The molecule has 0 aliphatic rings. The van der Waals surface area contributed by atoms with E-state index >= 15 is 0 Å².